The molecule has 3 heterocycles. The molecule has 6 nitrogen and oxygen atoms in total. The molecular formula is C17H20N6. The van der Waals surface area contributed by atoms with Gasteiger partial charge in [0.05, 0.1) is 17.3 Å². The Balaban J connectivity index is 1.76. The first-order valence-electron chi connectivity index (χ1n) is 8.06. The third kappa shape index (κ3) is 2.55. The standard InChI is InChI=1S/C17H20N6/c18-9-13-5-4-8-22(11-13)16-15-10-21-23(17(15)20-12-19-16)14-6-2-1-3-7-14/h1-3,6-7,10,12-13H,4-5,8-9,11,18H2. The molecule has 6 heteroatoms. The number of anilines is 1. The fraction of sp³-hybridized carbons (Fsp3) is 0.353. The lowest BCUT2D eigenvalue weighted by molar-refractivity contribution is 0.422. The molecule has 1 atom stereocenters. The van der Waals surface area contributed by atoms with Gasteiger partial charge in [-0.1, -0.05) is 18.2 Å². The molecule has 118 valence electrons. The first-order valence-corrected chi connectivity index (χ1v) is 8.06. The number of nitrogens with two attached hydrogens (primary N) is 1. The minimum atomic E-state index is 0.540. The van der Waals surface area contributed by atoms with E-state index in [1.54, 1.807) is 6.33 Å². The predicted octanol–water partition coefficient (Wildman–Crippen LogP) is 1.99. The number of para-hydroxylation sites is 1. The van der Waals surface area contributed by atoms with Crippen molar-refractivity contribution in [2.45, 2.75) is 12.8 Å². The van der Waals surface area contributed by atoms with E-state index in [0.717, 1.165) is 48.6 Å². The molecule has 1 aliphatic rings. The van der Waals surface area contributed by atoms with Gasteiger partial charge in [0.2, 0.25) is 0 Å². The molecule has 0 spiro atoms. The minimum Gasteiger partial charge on any atom is -0.356 e. The van der Waals surface area contributed by atoms with Crippen LogP contribution in [0.3, 0.4) is 0 Å². The molecule has 0 saturated carbocycles. The van der Waals surface area contributed by atoms with Crippen molar-refractivity contribution >= 4 is 16.9 Å². The molecule has 1 aromatic carbocycles. The highest BCUT2D eigenvalue weighted by molar-refractivity contribution is 5.87. The van der Waals surface area contributed by atoms with Crippen molar-refractivity contribution in [3.05, 3.63) is 42.9 Å². The quantitative estimate of drug-likeness (QED) is 0.801. The Kier molecular flexibility index (Phi) is 3.67. The highest BCUT2D eigenvalue weighted by Gasteiger charge is 2.22. The van der Waals surface area contributed by atoms with Crippen LogP contribution in [0.4, 0.5) is 5.82 Å². The van der Waals surface area contributed by atoms with Crippen molar-refractivity contribution in [1.82, 2.24) is 19.7 Å². The number of piperidine rings is 1. The molecule has 1 aliphatic heterocycles. The van der Waals surface area contributed by atoms with Gasteiger partial charge in [-0.05, 0) is 37.4 Å². The summed E-state index contributed by atoms with van der Waals surface area (Å²) >= 11 is 0. The summed E-state index contributed by atoms with van der Waals surface area (Å²) in [5.41, 5.74) is 7.71. The summed E-state index contributed by atoms with van der Waals surface area (Å²) in [6.07, 6.45) is 5.85. The second kappa shape index (κ2) is 5.96. The lowest BCUT2D eigenvalue weighted by Crippen LogP contribution is -2.38. The monoisotopic (exact) mass is 308 g/mol. The SMILES string of the molecule is NCC1CCCN(c2ncnc3c2cnn3-c2ccccc2)C1. The molecule has 0 bridgehead atoms. The third-order valence-corrected chi connectivity index (χ3v) is 4.50. The van der Waals surface area contributed by atoms with E-state index in [4.69, 9.17) is 5.73 Å². The van der Waals surface area contributed by atoms with Crippen molar-refractivity contribution in [2.75, 3.05) is 24.5 Å². The van der Waals surface area contributed by atoms with Crippen molar-refractivity contribution in [2.24, 2.45) is 11.7 Å². The maximum absolute atomic E-state index is 5.86. The van der Waals surface area contributed by atoms with Gasteiger partial charge in [-0.25, -0.2) is 14.6 Å². The molecule has 2 aromatic heterocycles. The van der Waals surface area contributed by atoms with Crippen LogP contribution in [0.5, 0.6) is 0 Å². The van der Waals surface area contributed by atoms with Gasteiger partial charge in [0.15, 0.2) is 5.65 Å². The molecule has 1 saturated heterocycles. The van der Waals surface area contributed by atoms with Gasteiger partial charge < -0.3 is 10.6 Å². The van der Waals surface area contributed by atoms with Crippen LogP contribution >= 0.6 is 0 Å². The number of benzene rings is 1. The average molecular weight is 308 g/mol. The van der Waals surface area contributed by atoms with E-state index in [0.29, 0.717) is 5.92 Å². The fourth-order valence-corrected chi connectivity index (χ4v) is 3.29. The van der Waals surface area contributed by atoms with Gasteiger partial charge in [0, 0.05) is 13.1 Å². The summed E-state index contributed by atoms with van der Waals surface area (Å²) in [5, 5.41) is 5.52. The maximum Gasteiger partial charge on any atom is 0.168 e. The Hall–Kier alpha value is -2.47. The summed E-state index contributed by atoms with van der Waals surface area (Å²) in [6.45, 7) is 2.70. The topological polar surface area (TPSA) is 72.9 Å². The smallest absolute Gasteiger partial charge is 0.168 e. The zero-order valence-corrected chi connectivity index (χ0v) is 13.0. The molecule has 3 aromatic rings. The molecule has 1 unspecified atom stereocenters. The third-order valence-electron chi connectivity index (χ3n) is 4.50. The Labute approximate surface area is 135 Å². The van der Waals surface area contributed by atoms with Crippen LogP contribution < -0.4 is 10.6 Å². The number of rotatable bonds is 3. The Morgan fingerprint density at radius 1 is 1.17 bits per heavy atom. The second-order valence-corrected chi connectivity index (χ2v) is 6.02. The van der Waals surface area contributed by atoms with Crippen LogP contribution in [0.2, 0.25) is 0 Å². The largest absolute Gasteiger partial charge is 0.356 e. The lowest BCUT2D eigenvalue weighted by atomic mass is 9.98. The van der Waals surface area contributed by atoms with Crippen LogP contribution in [0, 0.1) is 5.92 Å². The summed E-state index contributed by atoms with van der Waals surface area (Å²) in [7, 11) is 0. The van der Waals surface area contributed by atoms with Gasteiger partial charge in [0.25, 0.3) is 0 Å². The van der Waals surface area contributed by atoms with Crippen LogP contribution in [0.25, 0.3) is 16.7 Å². The van der Waals surface area contributed by atoms with Gasteiger partial charge in [0.1, 0.15) is 12.1 Å². The highest BCUT2D eigenvalue weighted by Crippen LogP contribution is 2.28. The molecule has 2 N–H and O–H groups in total. The van der Waals surface area contributed by atoms with Crippen molar-refractivity contribution < 1.29 is 0 Å². The number of hydrogen-bond donors (Lipinski definition) is 1. The first-order chi connectivity index (χ1) is 11.4. The van der Waals surface area contributed by atoms with Crippen LogP contribution in [-0.2, 0) is 0 Å². The number of fused-ring (bicyclic) bond motifs is 1. The van der Waals surface area contributed by atoms with Gasteiger partial charge in [-0.2, -0.15) is 5.10 Å². The Morgan fingerprint density at radius 2 is 2.04 bits per heavy atom. The zero-order valence-electron chi connectivity index (χ0n) is 13.0. The Morgan fingerprint density at radius 3 is 2.87 bits per heavy atom. The summed E-state index contributed by atoms with van der Waals surface area (Å²) < 4.78 is 1.87. The first kappa shape index (κ1) is 14.1. The van der Waals surface area contributed by atoms with Gasteiger partial charge in [-0.15, -0.1) is 0 Å². The molecule has 4 rings (SSSR count). The number of aromatic nitrogens is 4. The number of nitrogens with zero attached hydrogens (tertiary/aromatic N) is 5. The lowest BCUT2D eigenvalue weighted by Gasteiger charge is -2.33. The van der Waals surface area contributed by atoms with E-state index in [9.17, 15) is 0 Å². The van der Waals surface area contributed by atoms with E-state index in [1.165, 1.54) is 6.42 Å². The summed E-state index contributed by atoms with van der Waals surface area (Å²) in [5.74, 6) is 1.51. The normalized spacial score (nSPS) is 18.5. The number of hydrogen-bond acceptors (Lipinski definition) is 5. The Bertz CT molecular complexity index is 797. The second-order valence-electron chi connectivity index (χ2n) is 6.02. The van der Waals surface area contributed by atoms with E-state index < -0.39 is 0 Å². The van der Waals surface area contributed by atoms with Crippen molar-refractivity contribution in [1.29, 1.82) is 0 Å². The average Bonchev–Trinajstić information content (AvgIpc) is 3.06. The van der Waals surface area contributed by atoms with Gasteiger partial charge in [-0.3, -0.25) is 0 Å². The van der Waals surface area contributed by atoms with Crippen LogP contribution in [0.1, 0.15) is 12.8 Å². The van der Waals surface area contributed by atoms with Gasteiger partial charge >= 0.3 is 0 Å². The summed E-state index contributed by atoms with van der Waals surface area (Å²) in [4.78, 5) is 11.3. The molecule has 0 amide bonds. The van der Waals surface area contributed by atoms with Crippen LogP contribution in [-0.4, -0.2) is 39.4 Å². The molecule has 0 aliphatic carbocycles. The minimum absolute atomic E-state index is 0.540. The van der Waals surface area contributed by atoms with E-state index in [-0.39, 0.29) is 0 Å². The van der Waals surface area contributed by atoms with Crippen molar-refractivity contribution in [3.8, 4) is 5.69 Å². The van der Waals surface area contributed by atoms with E-state index in [1.807, 2.05) is 41.2 Å². The zero-order chi connectivity index (χ0) is 15.6. The van der Waals surface area contributed by atoms with E-state index in [2.05, 4.69) is 20.0 Å². The van der Waals surface area contributed by atoms with Crippen molar-refractivity contribution in [3.63, 3.8) is 0 Å². The predicted molar refractivity (Wildman–Crippen MR) is 90.7 cm³/mol. The fourth-order valence-electron chi connectivity index (χ4n) is 3.29. The summed E-state index contributed by atoms with van der Waals surface area (Å²) in [6, 6.07) is 10.1. The van der Waals surface area contributed by atoms with Crippen LogP contribution in [0.15, 0.2) is 42.9 Å². The molecule has 1 fully saturated rings. The van der Waals surface area contributed by atoms with E-state index >= 15 is 0 Å². The molecule has 0 radical (unpaired) electrons. The highest BCUT2D eigenvalue weighted by atomic mass is 15.3. The maximum atomic E-state index is 5.86. The molecule has 23 heavy (non-hydrogen) atoms. The molecular weight excluding hydrogens is 288 g/mol.